The quantitative estimate of drug-likeness (QED) is 0.850. The van der Waals surface area contributed by atoms with E-state index in [-0.39, 0.29) is 5.91 Å². The van der Waals surface area contributed by atoms with Gasteiger partial charge in [-0.2, -0.15) is 0 Å². The van der Waals surface area contributed by atoms with Gasteiger partial charge >= 0.3 is 0 Å². The molecule has 2 aromatic rings. The molecular weight excluding hydrogens is 320 g/mol. The third-order valence-corrected chi connectivity index (χ3v) is 5.16. The highest BCUT2D eigenvalue weighted by atomic mass is 32.2. The van der Waals surface area contributed by atoms with Crippen molar-refractivity contribution in [1.29, 1.82) is 0 Å². The van der Waals surface area contributed by atoms with Crippen molar-refractivity contribution in [3.05, 3.63) is 59.7 Å². The number of amides is 2. The molecule has 0 saturated heterocycles. The minimum Gasteiger partial charge on any atom is -0.366 e. The minimum absolute atomic E-state index is 0.0981. The van der Waals surface area contributed by atoms with Crippen LogP contribution in [-0.2, 0) is 11.2 Å². The molecule has 2 amide bonds. The Morgan fingerprint density at radius 2 is 1.88 bits per heavy atom. The van der Waals surface area contributed by atoms with E-state index in [0.717, 1.165) is 29.8 Å². The largest absolute Gasteiger partial charge is 0.366 e. The Hall–Kier alpha value is -2.27. The fraction of sp³-hybridized carbons (Fsp3) is 0.263. The predicted octanol–water partition coefficient (Wildman–Crippen LogP) is 3.25. The average Bonchev–Trinajstić information content (AvgIpc) is 2.61. The van der Waals surface area contributed by atoms with Crippen LogP contribution < -0.4 is 10.6 Å². The van der Waals surface area contributed by atoms with Crippen molar-refractivity contribution in [3.63, 3.8) is 0 Å². The lowest BCUT2D eigenvalue weighted by molar-refractivity contribution is -0.118. The first kappa shape index (κ1) is 16.6. The standard InChI is InChI=1S/C19H20N2O2S/c20-19(23)16-8-4-10-17-15(16)9-5-12-21(17)18(22)11-13-24-14-6-2-1-3-7-14/h1-4,6-8,10H,5,9,11-13H2,(H2,20,23). The third kappa shape index (κ3) is 3.62. The third-order valence-electron chi connectivity index (χ3n) is 4.14. The van der Waals surface area contributed by atoms with Crippen LogP contribution in [0.2, 0.25) is 0 Å². The van der Waals surface area contributed by atoms with E-state index in [0.29, 0.717) is 18.5 Å². The number of nitrogens with two attached hydrogens (primary N) is 1. The molecule has 0 bridgehead atoms. The van der Waals surface area contributed by atoms with Crippen molar-refractivity contribution in [2.24, 2.45) is 5.73 Å². The Morgan fingerprint density at radius 1 is 1.08 bits per heavy atom. The molecule has 0 fully saturated rings. The highest BCUT2D eigenvalue weighted by molar-refractivity contribution is 7.99. The maximum absolute atomic E-state index is 12.6. The van der Waals surface area contributed by atoms with E-state index in [2.05, 4.69) is 0 Å². The second-order valence-corrected chi connectivity index (χ2v) is 6.90. The molecule has 2 N–H and O–H groups in total. The van der Waals surface area contributed by atoms with Crippen LogP contribution in [0.4, 0.5) is 5.69 Å². The highest BCUT2D eigenvalue weighted by Crippen LogP contribution is 2.30. The molecule has 124 valence electrons. The molecule has 0 aliphatic carbocycles. The van der Waals surface area contributed by atoms with Gasteiger partial charge in [0.05, 0.1) is 0 Å². The Labute approximate surface area is 146 Å². The number of carbonyl (C=O) groups excluding carboxylic acids is 2. The van der Waals surface area contributed by atoms with Gasteiger partial charge in [0, 0.05) is 34.9 Å². The fourth-order valence-corrected chi connectivity index (χ4v) is 3.88. The second-order valence-electron chi connectivity index (χ2n) is 5.73. The number of benzene rings is 2. The molecule has 5 heteroatoms. The summed E-state index contributed by atoms with van der Waals surface area (Å²) in [7, 11) is 0. The van der Waals surface area contributed by atoms with Gasteiger partial charge in [0.2, 0.25) is 11.8 Å². The molecule has 0 atom stereocenters. The summed E-state index contributed by atoms with van der Waals surface area (Å²) in [4.78, 5) is 27.2. The Balaban J connectivity index is 1.69. The van der Waals surface area contributed by atoms with Crippen LogP contribution >= 0.6 is 11.8 Å². The van der Waals surface area contributed by atoms with Crippen molar-refractivity contribution in [2.45, 2.75) is 24.2 Å². The normalized spacial score (nSPS) is 13.4. The predicted molar refractivity (Wildman–Crippen MR) is 97.4 cm³/mol. The van der Waals surface area contributed by atoms with Crippen molar-refractivity contribution in [1.82, 2.24) is 0 Å². The van der Waals surface area contributed by atoms with Gasteiger partial charge in [0.25, 0.3) is 0 Å². The van der Waals surface area contributed by atoms with Crippen molar-refractivity contribution in [3.8, 4) is 0 Å². The number of primary amides is 1. The number of thioether (sulfide) groups is 1. The number of fused-ring (bicyclic) bond motifs is 1. The first-order valence-corrected chi connectivity index (χ1v) is 9.05. The Bertz CT molecular complexity index is 746. The lowest BCUT2D eigenvalue weighted by Crippen LogP contribution is -2.36. The molecule has 0 radical (unpaired) electrons. The highest BCUT2D eigenvalue weighted by Gasteiger charge is 2.25. The zero-order valence-corrected chi connectivity index (χ0v) is 14.2. The molecule has 2 aromatic carbocycles. The molecular formula is C19H20N2O2S. The summed E-state index contributed by atoms with van der Waals surface area (Å²) in [5.41, 5.74) is 7.73. The summed E-state index contributed by atoms with van der Waals surface area (Å²) in [5, 5.41) is 0. The molecule has 3 rings (SSSR count). The van der Waals surface area contributed by atoms with Gasteiger partial charge in [-0.1, -0.05) is 24.3 Å². The average molecular weight is 340 g/mol. The topological polar surface area (TPSA) is 63.4 Å². The zero-order chi connectivity index (χ0) is 16.9. The van der Waals surface area contributed by atoms with Gasteiger partial charge in [-0.15, -0.1) is 11.8 Å². The fourth-order valence-electron chi connectivity index (χ4n) is 3.02. The molecule has 0 unspecified atom stereocenters. The SMILES string of the molecule is NC(=O)c1cccc2c1CCCN2C(=O)CCSc1ccccc1. The summed E-state index contributed by atoms with van der Waals surface area (Å²) in [6, 6.07) is 15.5. The molecule has 0 aromatic heterocycles. The number of hydrogen-bond acceptors (Lipinski definition) is 3. The molecule has 0 spiro atoms. The van der Waals surface area contributed by atoms with E-state index in [1.165, 1.54) is 4.90 Å². The number of hydrogen-bond donors (Lipinski definition) is 1. The van der Waals surface area contributed by atoms with Gasteiger partial charge < -0.3 is 10.6 Å². The summed E-state index contributed by atoms with van der Waals surface area (Å²) < 4.78 is 0. The molecule has 4 nitrogen and oxygen atoms in total. The van der Waals surface area contributed by atoms with E-state index in [1.807, 2.05) is 36.4 Å². The smallest absolute Gasteiger partial charge is 0.249 e. The summed E-state index contributed by atoms with van der Waals surface area (Å²) in [6.07, 6.45) is 2.12. The van der Waals surface area contributed by atoms with Crippen molar-refractivity contribution in [2.75, 3.05) is 17.2 Å². The van der Waals surface area contributed by atoms with Gasteiger partial charge in [-0.25, -0.2) is 0 Å². The van der Waals surface area contributed by atoms with E-state index < -0.39 is 5.91 Å². The van der Waals surface area contributed by atoms with Crippen LogP contribution in [0.1, 0.15) is 28.8 Å². The van der Waals surface area contributed by atoms with E-state index >= 15 is 0 Å². The maximum atomic E-state index is 12.6. The number of anilines is 1. The Morgan fingerprint density at radius 3 is 2.62 bits per heavy atom. The van der Waals surface area contributed by atoms with Gasteiger partial charge in [-0.3, -0.25) is 9.59 Å². The van der Waals surface area contributed by atoms with E-state index in [9.17, 15) is 9.59 Å². The van der Waals surface area contributed by atoms with E-state index in [4.69, 9.17) is 5.73 Å². The lowest BCUT2D eigenvalue weighted by Gasteiger charge is -2.30. The molecule has 1 aliphatic heterocycles. The summed E-state index contributed by atoms with van der Waals surface area (Å²) >= 11 is 1.68. The summed E-state index contributed by atoms with van der Waals surface area (Å²) in [5.74, 6) is 0.409. The Kier molecular flexibility index (Phi) is 5.20. The van der Waals surface area contributed by atoms with Gasteiger partial charge in [-0.05, 0) is 42.7 Å². The summed E-state index contributed by atoms with van der Waals surface area (Å²) in [6.45, 7) is 0.698. The van der Waals surface area contributed by atoms with Crippen LogP contribution in [0.3, 0.4) is 0 Å². The second kappa shape index (κ2) is 7.53. The van der Waals surface area contributed by atoms with Crippen LogP contribution in [0.25, 0.3) is 0 Å². The zero-order valence-electron chi connectivity index (χ0n) is 13.4. The number of carbonyl (C=O) groups is 2. The monoisotopic (exact) mass is 340 g/mol. The first-order chi connectivity index (χ1) is 11.7. The molecule has 1 aliphatic rings. The molecule has 0 saturated carbocycles. The van der Waals surface area contributed by atoms with Gasteiger partial charge in [0.15, 0.2) is 0 Å². The van der Waals surface area contributed by atoms with Gasteiger partial charge in [0.1, 0.15) is 0 Å². The van der Waals surface area contributed by atoms with Crippen LogP contribution in [0, 0.1) is 0 Å². The van der Waals surface area contributed by atoms with Crippen LogP contribution in [-0.4, -0.2) is 24.1 Å². The molecule has 24 heavy (non-hydrogen) atoms. The first-order valence-electron chi connectivity index (χ1n) is 8.06. The van der Waals surface area contributed by atoms with E-state index in [1.54, 1.807) is 28.8 Å². The van der Waals surface area contributed by atoms with Crippen molar-refractivity contribution < 1.29 is 9.59 Å². The van der Waals surface area contributed by atoms with Crippen LogP contribution in [0.15, 0.2) is 53.4 Å². The minimum atomic E-state index is -0.430. The van der Waals surface area contributed by atoms with Crippen molar-refractivity contribution >= 4 is 29.3 Å². The molecule has 1 heterocycles. The lowest BCUT2D eigenvalue weighted by atomic mass is 9.95. The maximum Gasteiger partial charge on any atom is 0.249 e. The number of nitrogens with zero attached hydrogens (tertiary/aromatic N) is 1. The number of rotatable bonds is 5. The van der Waals surface area contributed by atoms with Crippen LogP contribution in [0.5, 0.6) is 0 Å².